The number of allylic oxidation sites excluding steroid dienone is 2. The average molecular weight is 553 g/mol. The summed E-state index contributed by atoms with van der Waals surface area (Å²) in [7, 11) is 0. The van der Waals surface area contributed by atoms with Gasteiger partial charge in [0, 0.05) is 18.8 Å². The van der Waals surface area contributed by atoms with Crippen molar-refractivity contribution in [2.45, 2.75) is 90.1 Å². The fourth-order valence-corrected chi connectivity index (χ4v) is 2.45. The molecular weight excluding hydrogens is 516 g/mol. The van der Waals surface area contributed by atoms with Gasteiger partial charge in [-0.25, -0.2) is 9.59 Å². The number of hydrogen-bond acceptors (Lipinski definition) is 8. The van der Waals surface area contributed by atoms with E-state index in [1.165, 1.54) is 0 Å². The van der Waals surface area contributed by atoms with Crippen LogP contribution >= 0.6 is 0 Å². The zero-order valence-electron chi connectivity index (χ0n) is 21.4. The minimum absolute atomic E-state index is 0. The van der Waals surface area contributed by atoms with Crippen molar-refractivity contribution < 1.29 is 49.5 Å². The standard InChI is InChI=1S/2C12H19NO5.Ca/c2*1-2-3-4-5-6-10(14)13-9(12(17)18)7-8-11(15)16;/h2*4-5,9H,2-3,6-8H2,1H3,(H,13,14)(H,15,16)(H,17,18);/q;;+2/p-2/b2*5-4+;/t2*9-;/m00./s1. The Kier molecular flexibility index (Phi) is 26.6. The van der Waals surface area contributed by atoms with Gasteiger partial charge in [0.05, 0.1) is 0 Å². The first kappa shape index (κ1) is 39.1. The normalized spacial score (nSPS) is 12.6. The van der Waals surface area contributed by atoms with Gasteiger partial charge in [0.15, 0.2) is 0 Å². The topological polar surface area (TPSA) is 217 Å². The molecule has 2 atom stereocenters. The van der Waals surface area contributed by atoms with Gasteiger partial charge in [0.1, 0.15) is 12.1 Å². The molecule has 4 N–H and O–H groups in total. The Morgan fingerprint density at radius 3 is 1.78 bits per heavy atom. The van der Waals surface area contributed by atoms with E-state index in [9.17, 15) is 34.2 Å². The van der Waals surface area contributed by atoms with Crippen LogP contribution in [0.2, 0.25) is 0 Å². The Balaban J connectivity index is -0.000000608. The first-order chi connectivity index (χ1) is 16.9. The van der Waals surface area contributed by atoms with Crippen LogP contribution in [0.1, 0.15) is 78.1 Å². The van der Waals surface area contributed by atoms with Gasteiger partial charge in [-0.3, -0.25) is 14.6 Å². The van der Waals surface area contributed by atoms with Crippen LogP contribution in [0.5, 0.6) is 0 Å². The average Bonchev–Trinajstić information content (AvgIpc) is 2.79. The summed E-state index contributed by atoms with van der Waals surface area (Å²) in [6.45, 7) is 4.01. The van der Waals surface area contributed by atoms with Crippen LogP contribution in [-0.2, 0) is 24.0 Å². The van der Waals surface area contributed by atoms with Crippen LogP contribution in [0.4, 0.5) is 0 Å². The molecular formula is C24H36CaN2O10. The molecule has 0 unspecified atom stereocenters. The second-order valence-electron chi connectivity index (χ2n) is 7.61. The number of carbonyl (C=O) groups is 5. The van der Waals surface area contributed by atoms with E-state index in [1.807, 2.05) is 26.0 Å². The van der Waals surface area contributed by atoms with Gasteiger partial charge in [-0.05, 0) is 44.4 Å². The van der Waals surface area contributed by atoms with Crippen LogP contribution in [0, 0.1) is 0 Å². The molecule has 0 aliphatic heterocycles. The number of unbranched alkanes of at least 4 members (excludes halogenated alkanes) is 2. The third-order valence-corrected chi connectivity index (χ3v) is 4.33. The number of carboxylic acids is 4. The van der Waals surface area contributed by atoms with Crippen molar-refractivity contribution in [3.8, 4) is 0 Å². The maximum absolute atomic E-state index is 11.4. The van der Waals surface area contributed by atoms with Crippen molar-refractivity contribution in [1.82, 2.24) is 5.32 Å². The summed E-state index contributed by atoms with van der Waals surface area (Å²) in [4.78, 5) is 57.0. The molecule has 0 saturated carbocycles. The molecule has 0 saturated heterocycles. The molecule has 0 heterocycles. The summed E-state index contributed by atoms with van der Waals surface area (Å²) in [5.74, 6) is -5.94. The molecule has 0 aromatic carbocycles. The second-order valence-corrected chi connectivity index (χ2v) is 7.61. The molecule has 0 aromatic heterocycles. The van der Waals surface area contributed by atoms with Gasteiger partial charge in [0.25, 0.3) is 0 Å². The number of carboxylic acid groups (broad SMARTS) is 4. The number of nitrogens with zero attached hydrogens (tertiary/aromatic N) is 1. The Morgan fingerprint density at radius 1 is 0.811 bits per heavy atom. The number of carbonyl (C=O) groups excluding carboxylic acids is 2. The molecule has 204 valence electrons. The Hall–Kier alpha value is -2.44. The molecule has 0 rings (SSSR count). The molecule has 0 radical (unpaired) electrons. The molecule has 0 aromatic rings. The van der Waals surface area contributed by atoms with Gasteiger partial charge in [-0.15, -0.1) is 0 Å². The molecule has 12 nitrogen and oxygen atoms in total. The number of aliphatic carboxylic acids is 4. The van der Waals surface area contributed by atoms with Gasteiger partial charge in [0.2, 0.25) is 5.91 Å². The van der Waals surface area contributed by atoms with Crippen molar-refractivity contribution in [2.75, 3.05) is 0 Å². The van der Waals surface area contributed by atoms with E-state index in [1.54, 1.807) is 12.2 Å². The SMILES string of the molecule is CCC/C=C/CC(=O)N[C@@H](CCC(=O)O)C(=O)O.CCC/C=C/CC([O-])=N[C@@H](CCC(=O)[O-])C(=O)O.[Ca+2]. The molecule has 13 heteroatoms. The first-order valence-corrected chi connectivity index (χ1v) is 11.6. The van der Waals surface area contributed by atoms with E-state index in [-0.39, 0.29) is 69.8 Å². The number of rotatable bonds is 18. The predicted molar refractivity (Wildman–Crippen MR) is 133 cm³/mol. The zero-order valence-corrected chi connectivity index (χ0v) is 23.6. The number of nitrogens with one attached hydrogen (secondary N) is 1. The van der Waals surface area contributed by atoms with Gasteiger partial charge >= 0.3 is 55.6 Å². The summed E-state index contributed by atoms with van der Waals surface area (Å²) in [6.07, 6.45) is 9.72. The fraction of sp³-hybridized carbons (Fsp3) is 0.583. The summed E-state index contributed by atoms with van der Waals surface area (Å²) >= 11 is 0. The van der Waals surface area contributed by atoms with E-state index in [0.29, 0.717) is 0 Å². The minimum atomic E-state index is -1.35. The predicted octanol–water partition coefficient (Wildman–Crippen LogP) is 0.261. The van der Waals surface area contributed by atoms with Crippen LogP contribution in [0.3, 0.4) is 0 Å². The number of amides is 1. The van der Waals surface area contributed by atoms with E-state index < -0.39 is 54.2 Å². The smallest absolute Gasteiger partial charge is 0.862 e. The number of aliphatic imine (C=N–C) groups is 1. The molecule has 0 fully saturated rings. The Morgan fingerprint density at radius 2 is 1.35 bits per heavy atom. The van der Waals surface area contributed by atoms with Crippen LogP contribution in [0.15, 0.2) is 29.3 Å². The van der Waals surface area contributed by atoms with E-state index in [0.717, 1.165) is 25.7 Å². The van der Waals surface area contributed by atoms with E-state index in [2.05, 4.69) is 10.3 Å². The molecule has 0 spiro atoms. The molecule has 0 aliphatic rings. The summed E-state index contributed by atoms with van der Waals surface area (Å²) in [5, 5.41) is 49.9. The summed E-state index contributed by atoms with van der Waals surface area (Å²) in [6, 6.07) is -2.46. The van der Waals surface area contributed by atoms with Crippen LogP contribution < -0.4 is 15.5 Å². The summed E-state index contributed by atoms with van der Waals surface area (Å²) in [5.41, 5.74) is 0. The van der Waals surface area contributed by atoms with Gasteiger partial charge in [-0.1, -0.05) is 51.0 Å². The molecule has 0 bridgehead atoms. The number of hydrogen-bond donors (Lipinski definition) is 4. The first-order valence-electron chi connectivity index (χ1n) is 11.6. The molecule has 1 amide bonds. The molecule has 37 heavy (non-hydrogen) atoms. The van der Waals surface area contributed by atoms with E-state index in [4.69, 9.17) is 15.3 Å². The third-order valence-electron chi connectivity index (χ3n) is 4.33. The van der Waals surface area contributed by atoms with Crippen LogP contribution in [-0.4, -0.2) is 101 Å². The summed E-state index contributed by atoms with van der Waals surface area (Å²) < 4.78 is 0. The van der Waals surface area contributed by atoms with Crippen molar-refractivity contribution in [1.29, 1.82) is 0 Å². The van der Waals surface area contributed by atoms with Crippen molar-refractivity contribution >= 4 is 73.4 Å². The quantitative estimate of drug-likeness (QED) is 0.0787. The maximum Gasteiger partial charge on any atom is 2.00 e. The third kappa shape index (κ3) is 26.4. The van der Waals surface area contributed by atoms with Gasteiger partial charge in [-0.2, -0.15) is 0 Å². The fourth-order valence-electron chi connectivity index (χ4n) is 2.45. The Labute approximate surface area is 246 Å². The van der Waals surface area contributed by atoms with Crippen molar-refractivity contribution in [3.63, 3.8) is 0 Å². The van der Waals surface area contributed by atoms with E-state index >= 15 is 0 Å². The monoisotopic (exact) mass is 552 g/mol. The van der Waals surface area contributed by atoms with Crippen LogP contribution in [0.25, 0.3) is 0 Å². The molecule has 0 aliphatic carbocycles. The minimum Gasteiger partial charge on any atom is -0.862 e. The van der Waals surface area contributed by atoms with Gasteiger partial charge < -0.3 is 35.6 Å². The second kappa shape index (κ2) is 25.2. The Bertz CT molecular complexity index is 796. The van der Waals surface area contributed by atoms with Crippen molar-refractivity contribution in [3.05, 3.63) is 24.3 Å². The van der Waals surface area contributed by atoms with Crippen molar-refractivity contribution in [2.24, 2.45) is 4.99 Å². The largest absolute Gasteiger partial charge is 2.00 e. The maximum atomic E-state index is 11.4. The zero-order chi connectivity index (χ0) is 27.9.